The molecule has 1 aliphatic heterocycles. The van der Waals surface area contributed by atoms with Crippen LogP contribution in [0.25, 0.3) is 0 Å². The van der Waals surface area contributed by atoms with Gasteiger partial charge in [0.25, 0.3) is 0 Å². The number of esters is 1. The van der Waals surface area contributed by atoms with Crippen molar-refractivity contribution in [2.45, 2.75) is 24.7 Å². The Morgan fingerprint density at radius 1 is 1.14 bits per heavy atom. The molecule has 5 nitrogen and oxygen atoms in total. The molecule has 28 heavy (non-hydrogen) atoms. The van der Waals surface area contributed by atoms with Gasteiger partial charge in [-0.25, -0.2) is 4.79 Å². The van der Waals surface area contributed by atoms with Crippen molar-refractivity contribution in [1.82, 2.24) is 0 Å². The normalized spacial score (nSPS) is 19.5. The summed E-state index contributed by atoms with van der Waals surface area (Å²) in [6.45, 7) is 0.370. The van der Waals surface area contributed by atoms with Crippen molar-refractivity contribution in [3.8, 4) is 5.75 Å². The summed E-state index contributed by atoms with van der Waals surface area (Å²) in [6, 6.07) is 11.2. The molecule has 1 N–H and O–H groups in total. The molecule has 8 heteroatoms. The highest BCUT2D eigenvalue weighted by molar-refractivity contribution is 5.89. The summed E-state index contributed by atoms with van der Waals surface area (Å²) in [5.74, 6) is -0.0900. The quantitative estimate of drug-likeness (QED) is 0.786. The number of methoxy groups -OCH3 is 1. The lowest BCUT2D eigenvalue weighted by molar-refractivity contribution is -0.137. The molecule has 1 fully saturated rings. The minimum atomic E-state index is -4.39. The molecule has 0 bridgehead atoms. The maximum atomic E-state index is 12.7. The molecular formula is C20H20F3NO4. The van der Waals surface area contributed by atoms with Gasteiger partial charge in [0.05, 0.1) is 37.4 Å². The summed E-state index contributed by atoms with van der Waals surface area (Å²) in [5.41, 5.74) is 0.501. The number of hydrogen-bond donors (Lipinski definition) is 1. The summed E-state index contributed by atoms with van der Waals surface area (Å²) in [5, 5.41) is 9.69. The second-order valence-electron chi connectivity index (χ2n) is 6.52. The zero-order valence-corrected chi connectivity index (χ0v) is 15.1. The van der Waals surface area contributed by atoms with Crippen molar-refractivity contribution >= 4 is 11.7 Å². The van der Waals surface area contributed by atoms with E-state index in [1.807, 2.05) is 4.90 Å². The van der Waals surface area contributed by atoms with Gasteiger partial charge in [-0.2, -0.15) is 13.2 Å². The zero-order valence-electron chi connectivity index (χ0n) is 15.1. The molecule has 1 aliphatic rings. The summed E-state index contributed by atoms with van der Waals surface area (Å²) in [7, 11) is 1.31. The van der Waals surface area contributed by atoms with E-state index < -0.39 is 17.7 Å². The van der Waals surface area contributed by atoms with E-state index in [0.717, 1.165) is 17.8 Å². The molecule has 0 amide bonds. The first kappa shape index (κ1) is 20.0. The van der Waals surface area contributed by atoms with Gasteiger partial charge in [0.2, 0.25) is 0 Å². The van der Waals surface area contributed by atoms with Crippen LogP contribution in [0.2, 0.25) is 0 Å². The monoisotopic (exact) mass is 395 g/mol. The first-order valence-electron chi connectivity index (χ1n) is 8.71. The van der Waals surface area contributed by atoms with E-state index in [0.29, 0.717) is 24.3 Å². The van der Waals surface area contributed by atoms with Gasteiger partial charge in [0, 0.05) is 12.1 Å². The van der Waals surface area contributed by atoms with Gasteiger partial charge in [0.1, 0.15) is 11.9 Å². The number of benzene rings is 2. The number of aliphatic hydroxyl groups excluding tert-OH is 1. The lowest BCUT2D eigenvalue weighted by Crippen LogP contribution is -2.32. The highest BCUT2D eigenvalue weighted by Gasteiger charge is 2.34. The first-order valence-corrected chi connectivity index (χ1v) is 8.71. The summed E-state index contributed by atoms with van der Waals surface area (Å²) < 4.78 is 48.5. The third kappa shape index (κ3) is 4.39. The van der Waals surface area contributed by atoms with Crippen LogP contribution in [0.3, 0.4) is 0 Å². The fourth-order valence-corrected chi connectivity index (χ4v) is 3.27. The smallest absolute Gasteiger partial charge is 0.416 e. The SMILES string of the molecule is COC(=O)c1ccc(N2C[C@H](Oc3ccc(C(F)(F)F)cc3)C[C@H]2CO)cc1. The van der Waals surface area contributed by atoms with E-state index in [1.54, 1.807) is 24.3 Å². The van der Waals surface area contributed by atoms with Crippen LogP contribution in [0.1, 0.15) is 22.3 Å². The Morgan fingerprint density at radius 2 is 1.79 bits per heavy atom. The molecule has 2 aromatic carbocycles. The lowest BCUT2D eigenvalue weighted by atomic mass is 10.1. The van der Waals surface area contributed by atoms with Crippen LogP contribution < -0.4 is 9.64 Å². The van der Waals surface area contributed by atoms with Crippen molar-refractivity contribution in [3.63, 3.8) is 0 Å². The minimum Gasteiger partial charge on any atom is -0.489 e. The summed E-state index contributed by atoms with van der Waals surface area (Å²) in [6.07, 6.45) is -4.15. The topological polar surface area (TPSA) is 59.0 Å². The molecule has 0 aromatic heterocycles. The van der Waals surface area contributed by atoms with Gasteiger partial charge in [-0.1, -0.05) is 0 Å². The fourth-order valence-electron chi connectivity index (χ4n) is 3.27. The minimum absolute atomic E-state index is 0.0916. The third-order valence-corrected chi connectivity index (χ3v) is 4.69. The summed E-state index contributed by atoms with van der Waals surface area (Å²) >= 11 is 0. The second-order valence-corrected chi connectivity index (χ2v) is 6.52. The molecule has 1 saturated heterocycles. The molecule has 0 aliphatic carbocycles. The van der Waals surface area contributed by atoms with Crippen molar-refractivity contribution in [2.75, 3.05) is 25.2 Å². The largest absolute Gasteiger partial charge is 0.489 e. The second kappa shape index (κ2) is 8.10. The van der Waals surface area contributed by atoms with Gasteiger partial charge >= 0.3 is 12.1 Å². The fraction of sp³-hybridized carbons (Fsp3) is 0.350. The number of alkyl halides is 3. The number of halogens is 3. The predicted molar refractivity (Wildman–Crippen MR) is 96.5 cm³/mol. The molecule has 1 heterocycles. The molecular weight excluding hydrogens is 375 g/mol. The molecule has 0 saturated carbocycles. The maximum absolute atomic E-state index is 12.7. The number of nitrogens with zero attached hydrogens (tertiary/aromatic N) is 1. The Kier molecular flexibility index (Phi) is 5.79. The van der Waals surface area contributed by atoms with Crippen LogP contribution >= 0.6 is 0 Å². The van der Waals surface area contributed by atoms with Crippen LogP contribution in [0.5, 0.6) is 5.75 Å². The average molecular weight is 395 g/mol. The van der Waals surface area contributed by atoms with E-state index in [2.05, 4.69) is 4.74 Å². The van der Waals surface area contributed by atoms with Crippen molar-refractivity contribution in [2.24, 2.45) is 0 Å². The van der Waals surface area contributed by atoms with Gasteiger partial charge in [-0.15, -0.1) is 0 Å². The molecule has 0 unspecified atom stereocenters. The zero-order chi connectivity index (χ0) is 20.3. The van der Waals surface area contributed by atoms with Crippen molar-refractivity contribution in [1.29, 1.82) is 0 Å². The Labute approximate surface area is 160 Å². The third-order valence-electron chi connectivity index (χ3n) is 4.69. The number of carbonyl (C=O) groups is 1. The molecule has 0 radical (unpaired) electrons. The molecule has 150 valence electrons. The highest BCUT2D eigenvalue weighted by atomic mass is 19.4. The van der Waals surface area contributed by atoms with E-state index >= 15 is 0 Å². The Balaban J connectivity index is 1.68. The molecule has 2 aromatic rings. The van der Waals surface area contributed by atoms with Gasteiger partial charge in [-0.05, 0) is 48.5 Å². The molecule has 2 atom stereocenters. The number of anilines is 1. The van der Waals surface area contributed by atoms with Gasteiger partial charge in [0.15, 0.2) is 0 Å². The number of rotatable bonds is 5. The number of aliphatic hydroxyl groups is 1. The van der Waals surface area contributed by atoms with E-state index in [1.165, 1.54) is 19.2 Å². The van der Waals surface area contributed by atoms with Crippen LogP contribution in [0.15, 0.2) is 48.5 Å². The van der Waals surface area contributed by atoms with Crippen molar-refractivity contribution in [3.05, 3.63) is 59.7 Å². The van der Waals surface area contributed by atoms with Crippen LogP contribution in [0.4, 0.5) is 18.9 Å². The lowest BCUT2D eigenvalue weighted by Gasteiger charge is -2.25. The van der Waals surface area contributed by atoms with Crippen LogP contribution in [-0.4, -0.2) is 43.5 Å². The Bertz CT molecular complexity index is 806. The molecule has 0 spiro atoms. The number of ether oxygens (including phenoxy) is 2. The van der Waals surface area contributed by atoms with Gasteiger partial charge in [-0.3, -0.25) is 0 Å². The van der Waals surface area contributed by atoms with E-state index in [9.17, 15) is 23.1 Å². The first-order chi connectivity index (χ1) is 13.3. The van der Waals surface area contributed by atoms with E-state index in [-0.39, 0.29) is 18.8 Å². The Morgan fingerprint density at radius 3 is 2.32 bits per heavy atom. The standard InChI is InChI=1S/C20H20F3NO4/c1-27-19(26)13-2-6-15(7-3-13)24-11-18(10-16(24)12-25)28-17-8-4-14(5-9-17)20(21,22)23/h2-9,16,18,25H,10-12H2,1H3/t16-,18+/m0/s1. The maximum Gasteiger partial charge on any atom is 0.416 e. The number of carbonyl (C=O) groups excluding carboxylic acids is 1. The average Bonchev–Trinajstić information content (AvgIpc) is 3.10. The van der Waals surface area contributed by atoms with Crippen LogP contribution in [0, 0.1) is 0 Å². The van der Waals surface area contributed by atoms with E-state index in [4.69, 9.17) is 4.74 Å². The van der Waals surface area contributed by atoms with Crippen molar-refractivity contribution < 1.29 is 32.5 Å². The number of hydrogen-bond acceptors (Lipinski definition) is 5. The predicted octanol–water partition coefficient (Wildman–Crippen LogP) is 3.51. The van der Waals surface area contributed by atoms with Gasteiger partial charge < -0.3 is 19.5 Å². The van der Waals surface area contributed by atoms with Crippen LogP contribution in [-0.2, 0) is 10.9 Å². The molecule has 3 rings (SSSR count). The Hall–Kier alpha value is -2.74. The summed E-state index contributed by atoms with van der Waals surface area (Å²) in [4.78, 5) is 13.5. The highest BCUT2D eigenvalue weighted by Crippen LogP contribution is 2.32.